The molecule has 2 aromatic carbocycles. The lowest BCUT2D eigenvalue weighted by atomic mass is 9.62. The highest BCUT2D eigenvalue weighted by atomic mass is 16.3. The van der Waals surface area contributed by atoms with Crippen LogP contribution in [0.25, 0.3) is 0 Å². The summed E-state index contributed by atoms with van der Waals surface area (Å²) in [4.78, 5) is 20.9. The first-order valence-corrected chi connectivity index (χ1v) is 12.6. The van der Waals surface area contributed by atoms with E-state index in [9.17, 15) is 15.0 Å². The van der Waals surface area contributed by atoms with Crippen molar-refractivity contribution < 1.29 is 15.0 Å². The lowest BCUT2D eigenvalue weighted by Gasteiger charge is -2.55. The lowest BCUT2D eigenvalue weighted by Crippen LogP contribution is -2.63. The minimum atomic E-state index is -1.94. The van der Waals surface area contributed by atoms with Gasteiger partial charge in [0.1, 0.15) is 5.60 Å². The Hall–Kier alpha value is -3.50. The van der Waals surface area contributed by atoms with Crippen molar-refractivity contribution in [3.8, 4) is 11.8 Å². The van der Waals surface area contributed by atoms with Gasteiger partial charge in [-0.15, -0.1) is 0 Å². The lowest BCUT2D eigenvalue weighted by molar-refractivity contribution is -0.130. The van der Waals surface area contributed by atoms with E-state index in [0.29, 0.717) is 28.3 Å². The fourth-order valence-corrected chi connectivity index (χ4v) is 5.88. The van der Waals surface area contributed by atoms with Gasteiger partial charge in [-0.3, -0.25) is 9.78 Å². The number of aliphatic hydroxyl groups is 2. The molecule has 1 fully saturated rings. The predicted octanol–water partition coefficient (Wildman–Crippen LogP) is 3.61. The van der Waals surface area contributed by atoms with Crippen molar-refractivity contribution in [3.05, 3.63) is 94.8 Å². The molecule has 3 aromatic rings. The van der Waals surface area contributed by atoms with Gasteiger partial charge < -0.3 is 20.0 Å². The van der Waals surface area contributed by atoms with E-state index in [1.807, 2.05) is 31.3 Å². The first kappa shape index (κ1) is 25.2. The molecule has 2 N–H and O–H groups in total. The van der Waals surface area contributed by atoms with Crippen LogP contribution in [-0.4, -0.2) is 53.2 Å². The third kappa shape index (κ3) is 3.86. The second-order valence-corrected chi connectivity index (χ2v) is 11.0. The Balaban J connectivity index is 1.57. The molecule has 0 bridgehead atoms. The van der Waals surface area contributed by atoms with Crippen molar-refractivity contribution in [3.63, 3.8) is 0 Å². The first-order chi connectivity index (χ1) is 17.5. The van der Waals surface area contributed by atoms with Crippen LogP contribution >= 0.6 is 0 Å². The maximum atomic E-state index is 12.9. The average molecular weight is 496 g/mol. The van der Waals surface area contributed by atoms with E-state index in [2.05, 4.69) is 54.6 Å². The van der Waals surface area contributed by atoms with Crippen LogP contribution in [0.5, 0.6) is 0 Å². The Labute approximate surface area is 218 Å². The number of carbonyl (C=O) groups is 1. The molecule has 6 nitrogen and oxygen atoms in total. The molecule has 2 aliphatic rings. The number of carbonyl (C=O) groups excluding carboxylic acids is 1. The number of fused-ring (bicyclic) bond motifs is 1. The van der Waals surface area contributed by atoms with Crippen LogP contribution < -0.4 is 4.90 Å². The normalized spacial score (nSPS) is 22.2. The summed E-state index contributed by atoms with van der Waals surface area (Å²) >= 11 is 0. The molecule has 37 heavy (non-hydrogen) atoms. The highest BCUT2D eigenvalue weighted by molar-refractivity contribution is 6.08. The Kier molecular flexibility index (Phi) is 5.99. The molecule has 190 valence electrons. The van der Waals surface area contributed by atoms with Crippen molar-refractivity contribution in [2.24, 2.45) is 5.41 Å². The van der Waals surface area contributed by atoms with Crippen molar-refractivity contribution in [2.45, 2.75) is 37.9 Å². The van der Waals surface area contributed by atoms with E-state index in [-0.39, 0.29) is 0 Å². The van der Waals surface area contributed by atoms with Crippen LogP contribution in [0.3, 0.4) is 0 Å². The average Bonchev–Trinajstić information content (AvgIpc) is 3.08. The van der Waals surface area contributed by atoms with Gasteiger partial charge in [-0.25, -0.2) is 0 Å². The quantitative estimate of drug-likeness (QED) is 0.541. The van der Waals surface area contributed by atoms with Crippen LogP contribution in [0.4, 0.5) is 5.69 Å². The topological polar surface area (TPSA) is 76.9 Å². The van der Waals surface area contributed by atoms with Gasteiger partial charge in [0, 0.05) is 54.6 Å². The summed E-state index contributed by atoms with van der Waals surface area (Å²) in [5.74, 6) is 5.68. The van der Waals surface area contributed by atoms with Gasteiger partial charge in [0.25, 0.3) is 5.91 Å². The Morgan fingerprint density at radius 1 is 1.03 bits per heavy atom. The van der Waals surface area contributed by atoms with Gasteiger partial charge in [0.05, 0.1) is 5.69 Å². The summed E-state index contributed by atoms with van der Waals surface area (Å²) in [7, 11) is 3.67. The van der Waals surface area contributed by atoms with Crippen LogP contribution in [0.15, 0.2) is 67.0 Å². The van der Waals surface area contributed by atoms with Crippen LogP contribution in [0, 0.1) is 17.3 Å². The number of rotatable bonds is 4. The Bertz CT molecular complexity index is 1420. The zero-order valence-electron chi connectivity index (χ0n) is 22.0. The molecule has 1 aromatic heterocycles. The maximum absolute atomic E-state index is 12.9. The minimum Gasteiger partial charge on any atom is -0.380 e. The summed E-state index contributed by atoms with van der Waals surface area (Å²) in [5, 5.41) is 23.7. The van der Waals surface area contributed by atoms with E-state index in [1.165, 1.54) is 10.5 Å². The number of para-hydroxylation sites is 1. The molecule has 0 radical (unpaired) electrons. The number of anilines is 1. The number of likely N-dealkylation sites (N-methyl/N-ethyl adjacent to an activating group) is 1. The van der Waals surface area contributed by atoms with E-state index < -0.39 is 22.5 Å². The summed E-state index contributed by atoms with van der Waals surface area (Å²) in [6.07, 6.45) is 3.27. The zero-order chi connectivity index (χ0) is 26.6. The number of amides is 1. The standard InChI is InChI=1S/C31H33N3O3/c1-21(2)23-10-12-24(13-11-23)31(37,29(3)19-33(4)20-29)25-16-22(17-32-18-25)14-15-30(36)26-8-6-7-9-27(26)34(5)28(30)35/h6-13,16-18,21,36-37H,19-20H2,1-5H3/t30?,31-/m0/s1. The second-order valence-electron chi connectivity index (χ2n) is 11.0. The third-order valence-electron chi connectivity index (χ3n) is 7.92. The maximum Gasteiger partial charge on any atom is 0.276 e. The van der Waals surface area contributed by atoms with Crippen LogP contribution in [0.2, 0.25) is 0 Å². The molecular weight excluding hydrogens is 462 g/mol. The van der Waals surface area contributed by atoms with E-state index in [4.69, 9.17) is 0 Å². The van der Waals surface area contributed by atoms with E-state index in [0.717, 1.165) is 18.7 Å². The number of hydrogen-bond donors (Lipinski definition) is 2. The first-order valence-electron chi connectivity index (χ1n) is 12.6. The number of hydrogen-bond acceptors (Lipinski definition) is 5. The second kappa shape index (κ2) is 8.81. The SMILES string of the molecule is CC(C)c1ccc([C@](O)(c2cncc(C#CC3(O)C(=O)N(C)c4ccccc43)c2)C2(C)CN(C)C2)cc1. The molecule has 1 amide bonds. The molecule has 1 unspecified atom stereocenters. The molecule has 0 aliphatic carbocycles. The molecule has 1 saturated heterocycles. The third-order valence-corrected chi connectivity index (χ3v) is 7.92. The highest BCUT2D eigenvalue weighted by Gasteiger charge is 2.55. The summed E-state index contributed by atoms with van der Waals surface area (Å²) in [6, 6.07) is 17.1. The molecule has 0 spiro atoms. The fourth-order valence-electron chi connectivity index (χ4n) is 5.88. The van der Waals surface area contributed by atoms with E-state index >= 15 is 0 Å². The van der Waals surface area contributed by atoms with Crippen LogP contribution in [0.1, 0.15) is 54.5 Å². The molecule has 2 atom stereocenters. The van der Waals surface area contributed by atoms with Crippen molar-refractivity contribution >= 4 is 11.6 Å². The Morgan fingerprint density at radius 2 is 1.70 bits per heavy atom. The number of pyridine rings is 1. The van der Waals surface area contributed by atoms with Crippen molar-refractivity contribution in [2.75, 3.05) is 32.1 Å². The number of benzene rings is 2. The largest absolute Gasteiger partial charge is 0.380 e. The number of aromatic nitrogens is 1. The van der Waals surface area contributed by atoms with Crippen molar-refractivity contribution in [1.29, 1.82) is 0 Å². The number of nitrogens with zero attached hydrogens (tertiary/aromatic N) is 3. The molecule has 6 heteroatoms. The zero-order valence-corrected chi connectivity index (χ0v) is 22.0. The van der Waals surface area contributed by atoms with Crippen molar-refractivity contribution in [1.82, 2.24) is 9.88 Å². The fraction of sp³-hybridized carbons (Fsp3) is 0.355. The predicted molar refractivity (Wildman–Crippen MR) is 144 cm³/mol. The summed E-state index contributed by atoms with van der Waals surface area (Å²) in [5.41, 5.74) is 0.589. The summed E-state index contributed by atoms with van der Waals surface area (Å²) in [6.45, 7) is 7.84. The van der Waals surface area contributed by atoms with Gasteiger partial charge in [-0.2, -0.15) is 0 Å². The van der Waals surface area contributed by atoms with Crippen LogP contribution in [-0.2, 0) is 16.0 Å². The van der Waals surface area contributed by atoms with Gasteiger partial charge in [0.15, 0.2) is 0 Å². The number of likely N-dealkylation sites (tertiary alicyclic amines) is 1. The smallest absolute Gasteiger partial charge is 0.276 e. The summed E-state index contributed by atoms with van der Waals surface area (Å²) < 4.78 is 0. The van der Waals surface area contributed by atoms with Gasteiger partial charge in [-0.1, -0.05) is 69.2 Å². The molecular formula is C31H33N3O3. The Morgan fingerprint density at radius 3 is 2.35 bits per heavy atom. The van der Waals surface area contributed by atoms with E-state index in [1.54, 1.807) is 37.6 Å². The van der Waals surface area contributed by atoms with Gasteiger partial charge in [-0.05, 0) is 42.1 Å². The van der Waals surface area contributed by atoms with Gasteiger partial charge >= 0.3 is 0 Å². The van der Waals surface area contributed by atoms with Gasteiger partial charge in [0.2, 0.25) is 5.60 Å². The molecule has 2 aliphatic heterocycles. The monoisotopic (exact) mass is 495 g/mol. The highest BCUT2D eigenvalue weighted by Crippen LogP contribution is 2.50. The minimum absolute atomic E-state index is 0.390. The molecule has 5 rings (SSSR count). The molecule has 3 heterocycles. The molecule has 0 saturated carbocycles.